The van der Waals surface area contributed by atoms with Crippen LogP contribution in [0.5, 0.6) is 0 Å². The fraction of sp³-hybridized carbons (Fsp3) is 0.471. The zero-order chi connectivity index (χ0) is 16.3. The lowest BCUT2D eigenvalue weighted by Gasteiger charge is -2.18. The molecule has 0 aliphatic heterocycles. The fourth-order valence-electron chi connectivity index (χ4n) is 2.82. The number of hydrogen-bond donors (Lipinski definition) is 1. The molecule has 1 atom stereocenters. The first kappa shape index (κ1) is 15.5. The number of hydrogen-bond acceptors (Lipinski definition) is 3. The highest BCUT2D eigenvalue weighted by atomic mass is 16.2. The van der Waals surface area contributed by atoms with Gasteiger partial charge in [-0.05, 0) is 38.3 Å². The molecule has 1 fully saturated rings. The maximum absolute atomic E-state index is 12.3. The van der Waals surface area contributed by atoms with Crippen LogP contribution in [0.3, 0.4) is 0 Å². The first-order valence-corrected chi connectivity index (χ1v) is 8.03. The van der Waals surface area contributed by atoms with Gasteiger partial charge in [-0.3, -0.25) is 9.48 Å². The Morgan fingerprint density at radius 2 is 2.22 bits per heavy atom. The molecule has 6 heteroatoms. The van der Waals surface area contributed by atoms with E-state index in [9.17, 15) is 4.79 Å². The Morgan fingerprint density at radius 1 is 1.48 bits per heavy atom. The van der Waals surface area contributed by atoms with E-state index in [2.05, 4.69) is 22.2 Å². The second-order valence-corrected chi connectivity index (χ2v) is 6.43. The highest BCUT2D eigenvalue weighted by Crippen LogP contribution is 2.49. The average molecular weight is 313 g/mol. The maximum Gasteiger partial charge on any atom is 0.226 e. The number of aromatic nitrogens is 4. The van der Waals surface area contributed by atoms with E-state index < -0.39 is 0 Å². The molecule has 122 valence electrons. The molecule has 0 radical (unpaired) electrons. The van der Waals surface area contributed by atoms with E-state index in [0.717, 1.165) is 25.0 Å². The molecule has 0 bridgehead atoms. The minimum atomic E-state index is -0.196. The Balaban J connectivity index is 1.52. The van der Waals surface area contributed by atoms with Crippen LogP contribution in [-0.4, -0.2) is 31.5 Å². The van der Waals surface area contributed by atoms with Gasteiger partial charge in [0.2, 0.25) is 5.91 Å². The van der Waals surface area contributed by atoms with Gasteiger partial charge in [-0.15, -0.1) is 11.7 Å². The quantitative estimate of drug-likeness (QED) is 0.758. The van der Waals surface area contributed by atoms with E-state index in [1.807, 2.05) is 48.3 Å². The molecule has 1 aliphatic carbocycles. The van der Waals surface area contributed by atoms with Crippen molar-refractivity contribution in [1.82, 2.24) is 24.9 Å². The largest absolute Gasteiger partial charge is 0.351 e. The van der Waals surface area contributed by atoms with E-state index in [1.165, 1.54) is 0 Å². The van der Waals surface area contributed by atoms with Crippen LogP contribution in [0.15, 0.2) is 43.4 Å². The summed E-state index contributed by atoms with van der Waals surface area (Å²) in [5.41, 5.74) is 0.711. The molecule has 23 heavy (non-hydrogen) atoms. The van der Waals surface area contributed by atoms with Crippen molar-refractivity contribution in [3.63, 3.8) is 0 Å². The van der Waals surface area contributed by atoms with Gasteiger partial charge in [0.15, 0.2) is 0 Å². The summed E-state index contributed by atoms with van der Waals surface area (Å²) in [6, 6.07) is 3.99. The lowest BCUT2D eigenvalue weighted by Crippen LogP contribution is -2.40. The van der Waals surface area contributed by atoms with Crippen molar-refractivity contribution in [2.24, 2.45) is 5.41 Å². The molecule has 2 aromatic rings. The lowest BCUT2D eigenvalue weighted by atomic mass is 10.0. The standard InChI is InChI=1S/C17H23N5O/c1-3-6-17(7-8-17)16(23)18-14(2)11-22-13-15(19-20-22)12-21-9-4-5-10-21/h3-5,9-10,13-14H,1,6-8,11-12H2,2H3,(H,18,23)/t14-/m1/s1. The van der Waals surface area contributed by atoms with Crippen LogP contribution in [0.4, 0.5) is 0 Å². The highest BCUT2D eigenvalue weighted by molar-refractivity contribution is 5.85. The molecule has 3 rings (SSSR count). The predicted octanol–water partition coefficient (Wildman–Crippen LogP) is 1.99. The van der Waals surface area contributed by atoms with Crippen LogP contribution in [0, 0.1) is 5.41 Å². The second-order valence-electron chi connectivity index (χ2n) is 6.43. The van der Waals surface area contributed by atoms with Gasteiger partial charge in [0.1, 0.15) is 5.69 Å². The smallest absolute Gasteiger partial charge is 0.226 e. The Hall–Kier alpha value is -2.37. The Labute approximate surface area is 136 Å². The van der Waals surface area contributed by atoms with Gasteiger partial charge in [-0.25, -0.2) is 0 Å². The minimum Gasteiger partial charge on any atom is -0.351 e. The van der Waals surface area contributed by atoms with Gasteiger partial charge >= 0.3 is 0 Å². The normalized spacial score (nSPS) is 16.7. The third kappa shape index (κ3) is 3.70. The second kappa shape index (κ2) is 6.40. The Morgan fingerprint density at radius 3 is 2.87 bits per heavy atom. The molecule has 1 aliphatic rings. The molecule has 0 aromatic carbocycles. The maximum atomic E-state index is 12.3. The molecule has 0 saturated heterocycles. The molecule has 2 heterocycles. The van der Waals surface area contributed by atoms with E-state index in [0.29, 0.717) is 13.1 Å². The van der Waals surface area contributed by atoms with Gasteiger partial charge in [-0.1, -0.05) is 11.3 Å². The van der Waals surface area contributed by atoms with Crippen molar-refractivity contribution in [3.8, 4) is 0 Å². The van der Waals surface area contributed by atoms with Crippen molar-refractivity contribution >= 4 is 5.91 Å². The fourth-order valence-corrected chi connectivity index (χ4v) is 2.82. The zero-order valence-electron chi connectivity index (χ0n) is 13.5. The predicted molar refractivity (Wildman–Crippen MR) is 87.6 cm³/mol. The third-order valence-corrected chi connectivity index (χ3v) is 4.31. The Kier molecular flexibility index (Phi) is 4.32. The van der Waals surface area contributed by atoms with Gasteiger partial charge in [0.25, 0.3) is 0 Å². The number of allylic oxidation sites excluding steroid dienone is 1. The number of carbonyl (C=O) groups is 1. The van der Waals surface area contributed by atoms with E-state index in [1.54, 1.807) is 4.68 Å². The zero-order valence-corrected chi connectivity index (χ0v) is 13.5. The van der Waals surface area contributed by atoms with Crippen molar-refractivity contribution in [2.75, 3.05) is 0 Å². The number of nitrogens with zero attached hydrogens (tertiary/aromatic N) is 4. The van der Waals surface area contributed by atoms with Crippen LogP contribution in [0.25, 0.3) is 0 Å². The summed E-state index contributed by atoms with van der Waals surface area (Å²) < 4.78 is 3.84. The van der Waals surface area contributed by atoms with Crippen molar-refractivity contribution in [3.05, 3.63) is 49.1 Å². The van der Waals surface area contributed by atoms with Gasteiger partial charge < -0.3 is 9.88 Å². The molecular formula is C17H23N5O. The average Bonchev–Trinajstić information content (AvgIpc) is 2.92. The molecule has 0 unspecified atom stereocenters. The summed E-state index contributed by atoms with van der Waals surface area (Å²) in [4.78, 5) is 12.3. The summed E-state index contributed by atoms with van der Waals surface area (Å²) in [6.07, 6.45) is 10.4. The summed E-state index contributed by atoms with van der Waals surface area (Å²) in [5.74, 6) is 0.137. The molecule has 1 N–H and O–H groups in total. The number of amides is 1. The molecule has 0 spiro atoms. The number of nitrogens with one attached hydrogen (secondary N) is 1. The Bertz CT molecular complexity index is 669. The third-order valence-electron chi connectivity index (χ3n) is 4.31. The van der Waals surface area contributed by atoms with Gasteiger partial charge in [0, 0.05) is 18.4 Å². The minimum absolute atomic E-state index is 0.0194. The van der Waals surface area contributed by atoms with Gasteiger partial charge in [0.05, 0.1) is 24.7 Å². The molecule has 2 aromatic heterocycles. The van der Waals surface area contributed by atoms with Crippen molar-refractivity contribution in [1.29, 1.82) is 0 Å². The van der Waals surface area contributed by atoms with Crippen LogP contribution >= 0.6 is 0 Å². The van der Waals surface area contributed by atoms with Gasteiger partial charge in [-0.2, -0.15) is 0 Å². The highest BCUT2D eigenvalue weighted by Gasteiger charge is 2.48. The van der Waals surface area contributed by atoms with E-state index >= 15 is 0 Å². The monoisotopic (exact) mass is 313 g/mol. The van der Waals surface area contributed by atoms with Crippen molar-refractivity contribution in [2.45, 2.75) is 45.3 Å². The lowest BCUT2D eigenvalue weighted by molar-refractivity contribution is -0.126. The first-order valence-electron chi connectivity index (χ1n) is 8.03. The van der Waals surface area contributed by atoms with Crippen LogP contribution in [0.2, 0.25) is 0 Å². The van der Waals surface area contributed by atoms with Crippen LogP contribution in [-0.2, 0) is 17.9 Å². The van der Waals surface area contributed by atoms with Crippen LogP contribution in [0.1, 0.15) is 31.9 Å². The summed E-state index contributed by atoms with van der Waals surface area (Å²) in [5, 5.41) is 11.4. The SMILES string of the molecule is C=CCC1(C(=O)N[C@H](C)Cn2cc(Cn3cccc3)nn2)CC1. The molecule has 1 saturated carbocycles. The van der Waals surface area contributed by atoms with Crippen molar-refractivity contribution < 1.29 is 4.79 Å². The first-order chi connectivity index (χ1) is 11.1. The summed E-state index contributed by atoms with van der Waals surface area (Å²) >= 11 is 0. The van der Waals surface area contributed by atoms with E-state index in [4.69, 9.17) is 0 Å². The number of carbonyl (C=O) groups excluding carboxylic acids is 1. The molecular weight excluding hydrogens is 290 g/mol. The van der Waals surface area contributed by atoms with Crippen LogP contribution < -0.4 is 5.32 Å². The van der Waals surface area contributed by atoms with E-state index in [-0.39, 0.29) is 17.4 Å². The summed E-state index contributed by atoms with van der Waals surface area (Å²) in [6.45, 7) is 7.06. The molecule has 1 amide bonds. The topological polar surface area (TPSA) is 64.7 Å². The summed E-state index contributed by atoms with van der Waals surface area (Å²) in [7, 11) is 0. The molecule has 6 nitrogen and oxygen atoms in total. The number of rotatable bonds is 8.